The predicted octanol–water partition coefficient (Wildman–Crippen LogP) is 7.07. The molecule has 39 heavy (non-hydrogen) atoms. The number of nitrogen functional groups attached to an aromatic ring is 1. The average molecular weight is 504 g/mol. The van der Waals surface area contributed by atoms with Crippen LogP contribution in [-0.2, 0) is 5.54 Å². The molecule has 4 heterocycles. The van der Waals surface area contributed by atoms with E-state index in [-0.39, 0.29) is 0 Å². The molecule has 2 N–H and O–H groups in total. The Balaban J connectivity index is 1.69. The van der Waals surface area contributed by atoms with E-state index in [9.17, 15) is 0 Å². The first kappa shape index (κ1) is 22.9. The van der Waals surface area contributed by atoms with Crippen LogP contribution in [0.4, 0.5) is 5.82 Å². The first-order chi connectivity index (χ1) is 19.3. The molecule has 4 aromatic heterocycles. The number of aromatic nitrogens is 4. The maximum absolute atomic E-state index is 6.04. The van der Waals surface area contributed by atoms with Crippen molar-refractivity contribution in [3.05, 3.63) is 157 Å². The largest absolute Gasteiger partial charge is 0.384 e. The highest BCUT2D eigenvalue weighted by Crippen LogP contribution is 2.46. The quantitative estimate of drug-likeness (QED) is 0.255. The lowest BCUT2D eigenvalue weighted by molar-refractivity contribution is 0.546. The zero-order valence-electron chi connectivity index (χ0n) is 21.1. The van der Waals surface area contributed by atoms with Gasteiger partial charge in [0, 0.05) is 34.9 Å². The molecule has 5 nitrogen and oxygen atoms in total. The number of rotatable bonds is 5. The molecule has 0 fully saturated rings. The normalized spacial score (nSPS) is 11.7. The summed E-state index contributed by atoms with van der Waals surface area (Å²) in [5.41, 5.74) is 12.4. The van der Waals surface area contributed by atoms with Crippen LogP contribution >= 0.6 is 0 Å². The highest BCUT2D eigenvalue weighted by Gasteiger charge is 2.41. The van der Waals surface area contributed by atoms with Gasteiger partial charge in [-0.1, -0.05) is 91.0 Å². The Labute approximate surface area is 226 Å². The van der Waals surface area contributed by atoms with Crippen molar-refractivity contribution in [1.82, 2.24) is 19.5 Å². The van der Waals surface area contributed by atoms with E-state index in [0.29, 0.717) is 5.82 Å². The summed E-state index contributed by atoms with van der Waals surface area (Å²) in [5, 5.41) is 2.09. The lowest BCUT2D eigenvalue weighted by atomic mass is 9.76. The summed E-state index contributed by atoms with van der Waals surface area (Å²) >= 11 is 0. The van der Waals surface area contributed by atoms with Crippen LogP contribution in [-0.4, -0.2) is 19.5 Å². The van der Waals surface area contributed by atoms with Crippen LogP contribution in [0.25, 0.3) is 33.2 Å². The van der Waals surface area contributed by atoms with Crippen molar-refractivity contribution in [2.45, 2.75) is 5.54 Å². The van der Waals surface area contributed by atoms with Gasteiger partial charge in [0.15, 0.2) is 0 Å². The predicted molar refractivity (Wildman–Crippen MR) is 157 cm³/mol. The zero-order valence-corrected chi connectivity index (χ0v) is 21.1. The van der Waals surface area contributed by atoms with E-state index < -0.39 is 5.54 Å². The molecule has 186 valence electrons. The van der Waals surface area contributed by atoms with Crippen LogP contribution in [0, 0.1) is 0 Å². The third-order valence-electron chi connectivity index (χ3n) is 7.40. The van der Waals surface area contributed by atoms with Crippen molar-refractivity contribution >= 4 is 27.8 Å². The summed E-state index contributed by atoms with van der Waals surface area (Å²) in [6.07, 6.45) is 5.51. The smallest absolute Gasteiger partial charge is 0.143 e. The number of hydrogen-bond donors (Lipinski definition) is 1. The first-order valence-electron chi connectivity index (χ1n) is 12.9. The second-order valence-electron chi connectivity index (χ2n) is 9.57. The Bertz CT molecular complexity index is 1820. The molecule has 0 atom stereocenters. The van der Waals surface area contributed by atoms with Gasteiger partial charge in [-0.2, -0.15) is 0 Å². The Morgan fingerprint density at radius 3 is 1.82 bits per heavy atom. The van der Waals surface area contributed by atoms with E-state index in [1.165, 1.54) is 0 Å². The summed E-state index contributed by atoms with van der Waals surface area (Å²) in [6.45, 7) is 0. The van der Waals surface area contributed by atoms with E-state index in [4.69, 9.17) is 10.7 Å². The van der Waals surface area contributed by atoms with Crippen molar-refractivity contribution in [3.63, 3.8) is 0 Å². The summed E-state index contributed by atoms with van der Waals surface area (Å²) in [7, 11) is 0. The van der Waals surface area contributed by atoms with Crippen LogP contribution in [0.5, 0.6) is 0 Å². The molecule has 0 saturated heterocycles. The minimum Gasteiger partial charge on any atom is -0.384 e. The van der Waals surface area contributed by atoms with Crippen molar-refractivity contribution in [2.75, 3.05) is 5.73 Å². The Morgan fingerprint density at radius 2 is 1.23 bits per heavy atom. The van der Waals surface area contributed by atoms with E-state index in [0.717, 1.165) is 49.9 Å². The average Bonchev–Trinajstić information content (AvgIpc) is 3.33. The van der Waals surface area contributed by atoms with E-state index in [1.807, 2.05) is 30.6 Å². The monoisotopic (exact) mass is 503 g/mol. The van der Waals surface area contributed by atoms with Crippen LogP contribution in [0.3, 0.4) is 0 Å². The Hall–Kier alpha value is -5.29. The lowest BCUT2D eigenvalue weighted by Gasteiger charge is -2.38. The maximum atomic E-state index is 6.04. The molecule has 3 aromatic carbocycles. The molecule has 7 rings (SSSR count). The molecule has 5 heteroatoms. The van der Waals surface area contributed by atoms with Gasteiger partial charge in [0.1, 0.15) is 17.0 Å². The fourth-order valence-electron chi connectivity index (χ4n) is 5.77. The van der Waals surface area contributed by atoms with Crippen LogP contribution in [0.2, 0.25) is 0 Å². The minimum absolute atomic E-state index is 0.464. The summed E-state index contributed by atoms with van der Waals surface area (Å²) < 4.78 is 2.38. The second kappa shape index (κ2) is 9.23. The lowest BCUT2D eigenvalue weighted by Crippen LogP contribution is -2.37. The Kier molecular flexibility index (Phi) is 5.41. The molecule has 0 saturated carbocycles. The van der Waals surface area contributed by atoms with Crippen LogP contribution < -0.4 is 5.73 Å². The van der Waals surface area contributed by atoms with Gasteiger partial charge in [-0.15, -0.1) is 0 Å². The van der Waals surface area contributed by atoms with E-state index >= 15 is 0 Å². The first-order valence-corrected chi connectivity index (χ1v) is 12.9. The number of nitrogens with zero attached hydrogens (tertiary/aromatic N) is 4. The molecular formula is C34H25N5. The Morgan fingerprint density at radius 1 is 0.615 bits per heavy atom. The SMILES string of the molecule is Nc1cc(-c2ccc3c4cnccc4n(C(c4ccccc4)(c4ccccc4)c4ccccc4)c3n2)ccn1. The maximum Gasteiger partial charge on any atom is 0.143 e. The summed E-state index contributed by atoms with van der Waals surface area (Å²) in [4.78, 5) is 14.0. The van der Waals surface area contributed by atoms with Crippen molar-refractivity contribution in [1.29, 1.82) is 0 Å². The number of anilines is 1. The number of hydrogen-bond acceptors (Lipinski definition) is 4. The van der Waals surface area contributed by atoms with Gasteiger partial charge >= 0.3 is 0 Å². The van der Waals surface area contributed by atoms with Gasteiger partial charge in [-0.3, -0.25) is 4.98 Å². The molecular weight excluding hydrogens is 478 g/mol. The fraction of sp³-hybridized carbons (Fsp3) is 0.0294. The third kappa shape index (κ3) is 3.59. The summed E-state index contributed by atoms with van der Waals surface area (Å²) in [5.74, 6) is 0.464. The molecule has 0 aliphatic carbocycles. The molecule has 0 aliphatic heterocycles. The third-order valence-corrected chi connectivity index (χ3v) is 7.40. The topological polar surface area (TPSA) is 69.6 Å². The van der Waals surface area contributed by atoms with Crippen molar-refractivity contribution in [2.24, 2.45) is 0 Å². The van der Waals surface area contributed by atoms with Gasteiger partial charge < -0.3 is 10.3 Å². The van der Waals surface area contributed by atoms with Crippen molar-refractivity contribution in [3.8, 4) is 11.3 Å². The number of pyridine rings is 3. The van der Waals surface area contributed by atoms with Gasteiger partial charge in [0.05, 0.1) is 11.2 Å². The van der Waals surface area contributed by atoms with E-state index in [2.05, 4.69) is 118 Å². The van der Waals surface area contributed by atoms with Crippen LogP contribution in [0.1, 0.15) is 16.7 Å². The molecule has 7 aromatic rings. The van der Waals surface area contributed by atoms with Crippen LogP contribution in [0.15, 0.2) is 140 Å². The molecule has 0 amide bonds. The van der Waals surface area contributed by atoms with E-state index in [1.54, 1.807) is 6.20 Å². The number of fused-ring (bicyclic) bond motifs is 3. The molecule has 0 bridgehead atoms. The molecule has 0 radical (unpaired) electrons. The van der Waals surface area contributed by atoms with Gasteiger partial charge in [0.2, 0.25) is 0 Å². The highest BCUT2D eigenvalue weighted by atomic mass is 15.1. The fourth-order valence-corrected chi connectivity index (χ4v) is 5.77. The summed E-state index contributed by atoms with van der Waals surface area (Å²) in [6, 6.07) is 42.1. The van der Waals surface area contributed by atoms with Crippen molar-refractivity contribution < 1.29 is 0 Å². The molecule has 0 aliphatic rings. The highest BCUT2D eigenvalue weighted by molar-refractivity contribution is 6.07. The van der Waals surface area contributed by atoms with Gasteiger partial charge in [-0.05, 0) is 47.0 Å². The molecule has 0 spiro atoms. The molecule has 0 unspecified atom stereocenters. The standard InChI is InChI=1S/C34H25N5/c35-32-22-24(18-21-37-32)30-17-16-28-29-23-36-20-19-31(29)39(33(28)38-30)34(25-10-4-1-5-11-25,26-12-6-2-7-13-26)27-14-8-3-9-15-27/h1-23H,(H2,35,37). The van der Waals surface area contributed by atoms with Gasteiger partial charge in [0.25, 0.3) is 0 Å². The minimum atomic E-state index is -0.714. The second-order valence-corrected chi connectivity index (χ2v) is 9.57. The number of benzene rings is 3. The van der Waals surface area contributed by atoms with Gasteiger partial charge in [-0.25, -0.2) is 9.97 Å². The number of nitrogens with two attached hydrogens (primary N) is 1. The zero-order chi connectivity index (χ0) is 26.2.